The zero-order valence-corrected chi connectivity index (χ0v) is 15.7. The smallest absolute Gasteiger partial charge is 0.251 e. The number of benzene rings is 2. The maximum atomic E-state index is 12.9. The van der Waals surface area contributed by atoms with Gasteiger partial charge in [0.05, 0.1) is 24.5 Å². The molecule has 1 N–H and O–H groups in total. The molecule has 0 bridgehead atoms. The summed E-state index contributed by atoms with van der Waals surface area (Å²) in [5.41, 5.74) is 2.05. The number of carbonyl (C=O) groups is 1. The van der Waals surface area contributed by atoms with Crippen LogP contribution in [0.15, 0.2) is 79.0 Å². The van der Waals surface area contributed by atoms with E-state index in [0.29, 0.717) is 12.3 Å². The van der Waals surface area contributed by atoms with Crippen molar-refractivity contribution >= 4 is 17.7 Å². The van der Waals surface area contributed by atoms with Crippen LogP contribution in [-0.2, 0) is 11.3 Å². The monoisotopic (exact) mass is 374 g/mol. The predicted octanol–water partition coefficient (Wildman–Crippen LogP) is 4.43. The number of phenols is 1. The van der Waals surface area contributed by atoms with E-state index in [9.17, 15) is 9.90 Å². The maximum absolute atomic E-state index is 12.9. The van der Waals surface area contributed by atoms with Gasteiger partial charge in [-0.2, -0.15) is 0 Å². The number of anilines is 1. The highest BCUT2D eigenvalue weighted by Gasteiger charge is 2.17. The largest absolute Gasteiger partial charge is 0.506 e. The van der Waals surface area contributed by atoms with Crippen molar-refractivity contribution in [1.82, 2.24) is 4.98 Å². The van der Waals surface area contributed by atoms with Gasteiger partial charge in [0.1, 0.15) is 11.5 Å². The lowest BCUT2D eigenvalue weighted by atomic mass is 10.2. The van der Waals surface area contributed by atoms with E-state index >= 15 is 0 Å². The van der Waals surface area contributed by atoms with Gasteiger partial charge in [-0.3, -0.25) is 14.7 Å². The molecule has 5 heteroatoms. The normalized spacial score (nSPS) is 10.8. The zero-order chi connectivity index (χ0) is 19.8. The quantitative estimate of drug-likeness (QED) is 0.622. The number of aromatic nitrogens is 1. The second-order valence-corrected chi connectivity index (χ2v) is 6.07. The van der Waals surface area contributed by atoms with Gasteiger partial charge in [0.2, 0.25) is 0 Å². The van der Waals surface area contributed by atoms with Gasteiger partial charge in [0.25, 0.3) is 5.91 Å². The number of para-hydroxylation sites is 2. The number of ether oxygens (including phenoxy) is 1. The molecule has 0 aliphatic carbocycles. The van der Waals surface area contributed by atoms with Gasteiger partial charge in [-0.25, -0.2) is 0 Å². The Labute approximate surface area is 164 Å². The van der Waals surface area contributed by atoms with Crippen LogP contribution in [0.25, 0.3) is 6.08 Å². The molecule has 3 rings (SSSR count). The van der Waals surface area contributed by atoms with Crippen LogP contribution in [0.5, 0.6) is 11.5 Å². The average molecular weight is 374 g/mol. The Hall–Kier alpha value is -3.60. The molecule has 0 saturated heterocycles. The maximum Gasteiger partial charge on any atom is 0.251 e. The van der Waals surface area contributed by atoms with Crippen molar-refractivity contribution in [2.45, 2.75) is 13.5 Å². The first-order chi connectivity index (χ1) is 13.7. The van der Waals surface area contributed by atoms with Crippen molar-refractivity contribution in [2.75, 3.05) is 11.5 Å². The second kappa shape index (κ2) is 9.37. The fourth-order valence-electron chi connectivity index (χ4n) is 2.73. The number of rotatable bonds is 7. The fourth-order valence-corrected chi connectivity index (χ4v) is 2.73. The first-order valence-electron chi connectivity index (χ1n) is 9.07. The number of aromatic hydroxyl groups is 1. The van der Waals surface area contributed by atoms with Gasteiger partial charge in [-0.15, -0.1) is 0 Å². The summed E-state index contributed by atoms with van der Waals surface area (Å²) in [5.74, 6) is 0.583. The molecular formula is C23H22N2O3. The topological polar surface area (TPSA) is 62.7 Å². The van der Waals surface area contributed by atoms with Crippen LogP contribution in [0, 0.1) is 0 Å². The van der Waals surface area contributed by atoms with E-state index in [4.69, 9.17) is 4.74 Å². The highest BCUT2D eigenvalue weighted by Crippen LogP contribution is 2.28. The predicted molar refractivity (Wildman–Crippen MR) is 110 cm³/mol. The molecule has 3 aromatic rings. The van der Waals surface area contributed by atoms with Gasteiger partial charge in [0, 0.05) is 12.3 Å². The number of hydrogen-bond acceptors (Lipinski definition) is 4. The third kappa shape index (κ3) is 4.98. The Morgan fingerprint density at radius 1 is 1.07 bits per heavy atom. The zero-order valence-electron chi connectivity index (χ0n) is 15.7. The molecule has 1 amide bonds. The number of pyridine rings is 1. The summed E-state index contributed by atoms with van der Waals surface area (Å²) >= 11 is 0. The summed E-state index contributed by atoms with van der Waals surface area (Å²) in [5, 5.41) is 10.2. The molecule has 0 saturated carbocycles. The highest BCUT2D eigenvalue weighted by molar-refractivity contribution is 6.04. The van der Waals surface area contributed by atoms with Gasteiger partial charge >= 0.3 is 0 Å². The molecule has 0 atom stereocenters. The standard InChI is InChI=1S/C23H22N2O3/c1-2-28-20-13-10-18(11-14-20)12-15-23(27)25(17-19-7-5-6-16-24-19)21-8-3-4-9-22(21)26/h3-16,26H,2,17H2,1H3/b15-12+. The minimum absolute atomic E-state index is 0.0428. The Morgan fingerprint density at radius 3 is 2.50 bits per heavy atom. The SMILES string of the molecule is CCOc1ccc(/C=C/C(=O)N(Cc2ccccn2)c2ccccc2O)cc1. The molecule has 142 valence electrons. The summed E-state index contributed by atoms with van der Waals surface area (Å²) in [6.45, 7) is 2.79. The van der Waals surface area contributed by atoms with Crippen molar-refractivity contribution < 1.29 is 14.6 Å². The Bertz CT molecular complexity index is 938. The van der Waals surface area contributed by atoms with Crippen molar-refractivity contribution in [1.29, 1.82) is 0 Å². The lowest BCUT2D eigenvalue weighted by Gasteiger charge is -2.22. The molecule has 0 radical (unpaired) electrons. The molecule has 0 unspecified atom stereocenters. The highest BCUT2D eigenvalue weighted by atomic mass is 16.5. The average Bonchev–Trinajstić information content (AvgIpc) is 2.73. The molecule has 28 heavy (non-hydrogen) atoms. The molecule has 1 aromatic heterocycles. The molecular weight excluding hydrogens is 352 g/mol. The van der Waals surface area contributed by atoms with Crippen LogP contribution in [-0.4, -0.2) is 22.6 Å². The third-order valence-corrected chi connectivity index (χ3v) is 4.09. The molecule has 0 fully saturated rings. The van der Waals surface area contributed by atoms with Crippen LogP contribution in [0.1, 0.15) is 18.2 Å². The van der Waals surface area contributed by atoms with E-state index in [1.165, 1.54) is 11.0 Å². The number of phenolic OH excluding ortho intramolecular Hbond substituents is 1. The third-order valence-electron chi connectivity index (χ3n) is 4.09. The number of nitrogens with zero attached hydrogens (tertiary/aromatic N) is 2. The summed E-state index contributed by atoms with van der Waals surface area (Å²) in [4.78, 5) is 18.7. The van der Waals surface area contributed by atoms with E-state index < -0.39 is 0 Å². The second-order valence-electron chi connectivity index (χ2n) is 6.07. The van der Waals surface area contributed by atoms with Gasteiger partial charge in [-0.1, -0.05) is 30.3 Å². The number of amides is 1. The van der Waals surface area contributed by atoms with Crippen molar-refractivity contribution in [3.05, 3.63) is 90.3 Å². The van der Waals surface area contributed by atoms with Gasteiger partial charge in [0.15, 0.2) is 0 Å². The Morgan fingerprint density at radius 2 is 1.82 bits per heavy atom. The lowest BCUT2D eigenvalue weighted by molar-refractivity contribution is -0.114. The van der Waals surface area contributed by atoms with Crippen LogP contribution in [0.4, 0.5) is 5.69 Å². The van der Waals surface area contributed by atoms with Gasteiger partial charge < -0.3 is 9.84 Å². The van der Waals surface area contributed by atoms with E-state index in [-0.39, 0.29) is 18.2 Å². The van der Waals surface area contributed by atoms with Crippen LogP contribution in [0.3, 0.4) is 0 Å². The van der Waals surface area contributed by atoms with Crippen LogP contribution >= 0.6 is 0 Å². The fraction of sp³-hybridized carbons (Fsp3) is 0.130. The van der Waals surface area contributed by atoms with Crippen LogP contribution in [0.2, 0.25) is 0 Å². The van der Waals surface area contributed by atoms with Crippen LogP contribution < -0.4 is 9.64 Å². The molecule has 5 nitrogen and oxygen atoms in total. The van der Waals surface area contributed by atoms with E-state index in [0.717, 1.165) is 17.0 Å². The molecule has 2 aromatic carbocycles. The minimum atomic E-state index is -0.249. The molecule has 0 aliphatic rings. The summed E-state index contributed by atoms with van der Waals surface area (Å²) in [6.07, 6.45) is 4.91. The summed E-state index contributed by atoms with van der Waals surface area (Å²) in [7, 11) is 0. The molecule has 0 spiro atoms. The lowest BCUT2D eigenvalue weighted by Crippen LogP contribution is -2.29. The number of hydrogen-bond donors (Lipinski definition) is 1. The van der Waals surface area contributed by atoms with E-state index in [1.807, 2.05) is 49.4 Å². The summed E-state index contributed by atoms with van der Waals surface area (Å²) in [6, 6.07) is 19.8. The molecule has 1 heterocycles. The Balaban J connectivity index is 1.82. The Kier molecular flexibility index (Phi) is 6.41. The first-order valence-corrected chi connectivity index (χ1v) is 9.07. The summed E-state index contributed by atoms with van der Waals surface area (Å²) < 4.78 is 5.43. The van der Waals surface area contributed by atoms with Crippen molar-refractivity contribution in [3.8, 4) is 11.5 Å². The first kappa shape index (κ1) is 19.2. The van der Waals surface area contributed by atoms with Gasteiger partial charge in [-0.05, 0) is 55.0 Å². The van der Waals surface area contributed by atoms with Crippen molar-refractivity contribution in [2.24, 2.45) is 0 Å². The van der Waals surface area contributed by atoms with E-state index in [1.54, 1.807) is 36.5 Å². The molecule has 0 aliphatic heterocycles. The number of carbonyl (C=O) groups excluding carboxylic acids is 1. The minimum Gasteiger partial charge on any atom is -0.506 e. The van der Waals surface area contributed by atoms with Crippen molar-refractivity contribution in [3.63, 3.8) is 0 Å². The van der Waals surface area contributed by atoms with E-state index in [2.05, 4.69) is 4.98 Å².